The summed E-state index contributed by atoms with van der Waals surface area (Å²) in [4.78, 5) is 13.0. The molecule has 1 N–H and O–H groups in total. The Bertz CT molecular complexity index is 1130. The van der Waals surface area contributed by atoms with Crippen molar-refractivity contribution >= 4 is 37.4 Å². The van der Waals surface area contributed by atoms with Crippen LogP contribution in [0.4, 0.5) is 0 Å². The fourth-order valence-corrected chi connectivity index (χ4v) is 7.55. The average Bonchev–Trinajstić information content (AvgIpc) is 3.04. The highest BCUT2D eigenvalue weighted by Gasteiger charge is 2.57. The van der Waals surface area contributed by atoms with Crippen molar-refractivity contribution in [2.45, 2.75) is 83.5 Å². The molecule has 0 bridgehead atoms. The Kier molecular flexibility index (Phi) is 8.13. The van der Waals surface area contributed by atoms with E-state index in [1.165, 1.54) is 5.56 Å². The predicted octanol–water partition coefficient (Wildman–Crippen LogP) is 8.20. The molecule has 0 spiro atoms. The molecular formula is C30H41Cl2NO3Si. The first-order valence-corrected chi connectivity index (χ1v) is 17.0. The highest BCUT2D eigenvalue weighted by Crippen LogP contribution is 2.59. The summed E-state index contributed by atoms with van der Waals surface area (Å²) in [5.41, 5.74) is 1.92. The van der Waals surface area contributed by atoms with Crippen LogP contribution in [-0.2, 0) is 9.22 Å². The van der Waals surface area contributed by atoms with Gasteiger partial charge in [0.2, 0.25) is 5.91 Å². The third kappa shape index (κ3) is 5.61. The van der Waals surface area contributed by atoms with E-state index < -0.39 is 8.32 Å². The summed E-state index contributed by atoms with van der Waals surface area (Å²) in [6.07, 6.45) is 1.72. The van der Waals surface area contributed by atoms with Crippen LogP contribution in [0.5, 0.6) is 5.75 Å². The zero-order valence-electron chi connectivity index (χ0n) is 23.2. The fourth-order valence-electron chi connectivity index (χ4n) is 6.08. The maximum absolute atomic E-state index is 13.0. The van der Waals surface area contributed by atoms with E-state index in [4.69, 9.17) is 32.4 Å². The third-order valence-corrected chi connectivity index (χ3v) is 14.3. The van der Waals surface area contributed by atoms with E-state index >= 15 is 0 Å². The number of nitrogens with one attached hydrogen (secondary N) is 1. The second-order valence-corrected chi connectivity index (χ2v) is 18.2. The van der Waals surface area contributed by atoms with Gasteiger partial charge in [-0.1, -0.05) is 69.1 Å². The molecule has 1 aliphatic carbocycles. The molecule has 0 aromatic heterocycles. The van der Waals surface area contributed by atoms with Gasteiger partial charge < -0.3 is 14.5 Å². The topological polar surface area (TPSA) is 47.6 Å². The molecule has 1 aliphatic heterocycles. The average molecular weight is 563 g/mol. The highest BCUT2D eigenvalue weighted by molar-refractivity contribution is 6.74. The number of ether oxygens (including phenoxy) is 1. The number of halogens is 2. The van der Waals surface area contributed by atoms with Gasteiger partial charge in [0.25, 0.3) is 0 Å². The lowest BCUT2D eigenvalue weighted by atomic mass is 9.56. The number of benzene rings is 2. The SMILES string of the molecule is C[C@H]1NC(=O)[C@]2(C)CC[C@@H](c3ccc(OCCO[Si](C)(C)C(C)(C)C)cc3Cl)[C@H](c3ccc(Cl)cc3)[C@H]12. The first kappa shape index (κ1) is 28.5. The number of hydrogen-bond acceptors (Lipinski definition) is 3. The molecule has 1 amide bonds. The van der Waals surface area contributed by atoms with Gasteiger partial charge >= 0.3 is 0 Å². The summed E-state index contributed by atoms with van der Waals surface area (Å²) in [5.74, 6) is 1.42. The van der Waals surface area contributed by atoms with Crippen molar-refractivity contribution in [1.29, 1.82) is 0 Å². The van der Waals surface area contributed by atoms with Crippen LogP contribution >= 0.6 is 23.2 Å². The molecule has 1 saturated heterocycles. The van der Waals surface area contributed by atoms with Gasteiger partial charge in [-0.2, -0.15) is 0 Å². The van der Waals surface area contributed by atoms with Gasteiger partial charge in [-0.25, -0.2) is 0 Å². The van der Waals surface area contributed by atoms with E-state index in [0.717, 1.165) is 24.2 Å². The lowest BCUT2D eigenvalue weighted by molar-refractivity contribution is -0.129. The highest BCUT2D eigenvalue weighted by atomic mass is 35.5. The van der Waals surface area contributed by atoms with Crippen LogP contribution in [0.3, 0.4) is 0 Å². The normalized spacial score (nSPS) is 28.1. The zero-order valence-corrected chi connectivity index (χ0v) is 25.7. The van der Waals surface area contributed by atoms with Gasteiger partial charge in [0.1, 0.15) is 12.4 Å². The van der Waals surface area contributed by atoms with Crippen molar-refractivity contribution in [3.05, 3.63) is 63.6 Å². The lowest BCUT2D eigenvalue weighted by Crippen LogP contribution is -2.42. The van der Waals surface area contributed by atoms with Crippen LogP contribution in [0.1, 0.15) is 70.4 Å². The van der Waals surface area contributed by atoms with E-state index in [0.29, 0.717) is 23.3 Å². The van der Waals surface area contributed by atoms with Crippen molar-refractivity contribution in [2.24, 2.45) is 11.3 Å². The first-order chi connectivity index (χ1) is 17.2. The maximum Gasteiger partial charge on any atom is 0.226 e. The molecule has 2 fully saturated rings. The van der Waals surface area contributed by atoms with Gasteiger partial charge in [0.15, 0.2) is 8.32 Å². The van der Waals surface area contributed by atoms with E-state index in [9.17, 15) is 4.79 Å². The molecule has 2 aromatic carbocycles. The number of amides is 1. The molecule has 5 atom stereocenters. The number of carbonyl (C=O) groups is 1. The van der Waals surface area contributed by atoms with Gasteiger partial charge in [-0.05, 0) is 85.1 Å². The van der Waals surface area contributed by atoms with E-state index in [1.807, 2.05) is 24.3 Å². The molecule has 4 nitrogen and oxygen atoms in total. The molecule has 4 rings (SSSR count). The number of fused-ring (bicyclic) bond motifs is 1. The summed E-state index contributed by atoms with van der Waals surface area (Å²) >= 11 is 13.1. The molecule has 2 aromatic rings. The number of carbonyl (C=O) groups excluding carboxylic acids is 1. The van der Waals surface area contributed by atoms with E-state index in [2.05, 4.69) is 71.2 Å². The number of hydrogen-bond donors (Lipinski definition) is 1. The summed E-state index contributed by atoms with van der Waals surface area (Å²) < 4.78 is 12.3. The third-order valence-electron chi connectivity index (χ3n) is 9.19. The van der Waals surface area contributed by atoms with Crippen LogP contribution in [0.15, 0.2) is 42.5 Å². The molecule has 0 unspecified atom stereocenters. The molecule has 7 heteroatoms. The second kappa shape index (κ2) is 10.6. The molecule has 0 radical (unpaired) electrons. The Morgan fingerprint density at radius 1 is 1.08 bits per heavy atom. The van der Waals surface area contributed by atoms with Gasteiger partial charge in [-0.15, -0.1) is 0 Å². The minimum Gasteiger partial charge on any atom is -0.491 e. The zero-order chi connectivity index (χ0) is 27.2. The van der Waals surface area contributed by atoms with Crippen molar-refractivity contribution in [3.63, 3.8) is 0 Å². The Labute approximate surface area is 233 Å². The standard InChI is InChI=1S/C30H41Cl2NO3Si/c1-19-27-26(20-8-10-21(31)11-9-20)24(14-15-30(27,5)28(34)33-19)23-13-12-22(18-25(23)32)35-16-17-36-37(6,7)29(2,3)4/h8-13,18-19,24,26-27H,14-17H2,1-7H3,(H,33,34)/t19-,24+,26+,27+,30-/m1/s1. The van der Waals surface area contributed by atoms with Gasteiger partial charge in [0, 0.05) is 22.0 Å². The minimum atomic E-state index is -1.80. The summed E-state index contributed by atoms with van der Waals surface area (Å²) in [7, 11) is -1.80. The Morgan fingerprint density at radius 3 is 2.38 bits per heavy atom. The molecular weight excluding hydrogens is 521 g/mol. The monoisotopic (exact) mass is 561 g/mol. The molecule has 202 valence electrons. The van der Waals surface area contributed by atoms with Crippen LogP contribution < -0.4 is 10.1 Å². The van der Waals surface area contributed by atoms with Gasteiger partial charge in [-0.3, -0.25) is 4.79 Å². The minimum absolute atomic E-state index is 0.0864. The first-order valence-electron chi connectivity index (χ1n) is 13.4. The summed E-state index contributed by atoms with van der Waals surface area (Å²) in [6, 6.07) is 14.2. The Balaban J connectivity index is 1.55. The van der Waals surface area contributed by atoms with Crippen LogP contribution in [0, 0.1) is 11.3 Å². The van der Waals surface area contributed by atoms with Gasteiger partial charge in [0.05, 0.1) is 12.0 Å². The second-order valence-electron chi connectivity index (χ2n) is 12.6. The largest absolute Gasteiger partial charge is 0.491 e. The van der Waals surface area contributed by atoms with Crippen LogP contribution in [0.2, 0.25) is 28.2 Å². The lowest BCUT2D eigenvalue weighted by Gasteiger charge is -2.46. The fraction of sp³-hybridized carbons (Fsp3) is 0.567. The Hall–Kier alpha value is -1.53. The quantitative estimate of drug-likeness (QED) is 0.273. The molecule has 1 saturated carbocycles. The smallest absolute Gasteiger partial charge is 0.226 e. The predicted molar refractivity (Wildman–Crippen MR) is 155 cm³/mol. The van der Waals surface area contributed by atoms with Crippen molar-refractivity contribution < 1.29 is 14.0 Å². The number of rotatable bonds is 7. The van der Waals surface area contributed by atoms with E-state index in [-0.39, 0.29) is 40.2 Å². The maximum atomic E-state index is 13.0. The van der Waals surface area contributed by atoms with Crippen LogP contribution in [0.25, 0.3) is 0 Å². The Morgan fingerprint density at radius 2 is 1.76 bits per heavy atom. The molecule has 37 heavy (non-hydrogen) atoms. The van der Waals surface area contributed by atoms with E-state index in [1.54, 1.807) is 0 Å². The van der Waals surface area contributed by atoms with Crippen molar-refractivity contribution in [1.82, 2.24) is 5.32 Å². The summed E-state index contributed by atoms with van der Waals surface area (Å²) in [5, 5.41) is 4.82. The summed E-state index contributed by atoms with van der Waals surface area (Å²) in [6.45, 7) is 16.5. The molecule has 2 aliphatic rings. The van der Waals surface area contributed by atoms with Crippen molar-refractivity contribution in [2.75, 3.05) is 13.2 Å². The van der Waals surface area contributed by atoms with Crippen LogP contribution in [-0.4, -0.2) is 33.5 Å². The molecule has 1 heterocycles. The van der Waals surface area contributed by atoms with Crippen molar-refractivity contribution in [3.8, 4) is 5.75 Å².